The molecule has 2 aliphatic heterocycles. The van der Waals surface area contributed by atoms with E-state index in [4.69, 9.17) is 23.8 Å². The zero-order chi connectivity index (χ0) is 22.4. The van der Waals surface area contributed by atoms with Crippen molar-refractivity contribution < 1.29 is 18.7 Å². The zero-order valence-corrected chi connectivity index (χ0v) is 18.5. The molecule has 10 nitrogen and oxygen atoms in total. The number of methoxy groups -OCH3 is 2. The SMILES string of the molecule is COCc1nc(-c2ncn3c2Cc2cn(CC4CCCO4)nc2-c2cc(OC)ccc2-3)no1. The summed E-state index contributed by atoms with van der Waals surface area (Å²) >= 11 is 0. The number of ether oxygens (including phenoxy) is 3. The number of hydrogen-bond acceptors (Lipinski definition) is 8. The summed E-state index contributed by atoms with van der Waals surface area (Å²) in [6.07, 6.45) is 6.91. The molecule has 5 heterocycles. The maximum atomic E-state index is 5.83. The van der Waals surface area contributed by atoms with E-state index in [1.165, 1.54) is 0 Å². The average molecular weight is 448 g/mol. The van der Waals surface area contributed by atoms with Crippen molar-refractivity contribution in [1.29, 1.82) is 0 Å². The normalized spacial score (nSPS) is 16.8. The number of benzene rings is 1. The van der Waals surface area contributed by atoms with Crippen LogP contribution < -0.4 is 4.74 Å². The highest BCUT2D eigenvalue weighted by atomic mass is 16.5. The van der Waals surface area contributed by atoms with Crippen LogP contribution in [0.15, 0.2) is 35.2 Å². The van der Waals surface area contributed by atoms with Crippen LogP contribution in [0.25, 0.3) is 28.5 Å². The third-order valence-electron chi connectivity index (χ3n) is 6.14. The van der Waals surface area contributed by atoms with Gasteiger partial charge in [-0.05, 0) is 31.0 Å². The van der Waals surface area contributed by atoms with E-state index in [9.17, 15) is 0 Å². The Hall–Kier alpha value is -3.50. The Labute approximate surface area is 190 Å². The summed E-state index contributed by atoms with van der Waals surface area (Å²) in [6, 6.07) is 6.00. The fourth-order valence-electron chi connectivity index (χ4n) is 4.60. The Bertz CT molecular complexity index is 1300. The summed E-state index contributed by atoms with van der Waals surface area (Å²) in [6.45, 7) is 1.82. The topological polar surface area (TPSA) is 102 Å². The van der Waals surface area contributed by atoms with Gasteiger partial charge in [-0.3, -0.25) is 4.68 Å². The molecule has 0 aliphatic carbocycles. The minimum Gasteiger partial charge on any atom is -0.497 e. The number of rotatable bonds is 6. The maximum Gasteiger partial charge on any atom is 0.252 e. The third-order valence-corrected chi connectivity index (χ3v) is 6.14. The van der Waals surface area contributed by atoms with Gasteiger partial charge in [0.15, 0.2) is 0 Å². The smallest absolute Gasteiger partial charge is 0.252 e. The predicted octanol–water partition coefficient (Wildman–Crippen LogP) is 3.02. The molecule has 0 amide bonds. The van der Waals surface area contributed by atoms with Crippen molar-refractivity contribution in [3.63, 3.8) is 0 Å². The summed E-state index contributed by atoms with van der Waals surface area (Å²) < 4.78 is 25.8. The van der Waals surface area contributed by atoms with Gasteiger partial charge in [-0.2, -0.15) is 10.1 Å². The largest absolute Gasteiger partial charge is 0.497 e. The first-order valence-electron chi connectivity index (χ1n) is 11.0. The van der Waals surface area contributed by atoms with Gasteiger partial charge in [0.1, 0.15) is 24.4 Å². The van der Waals surface area contributed by atoms with Crippen LogP contribution in [-0.2, 0) is 29.0 Å². The molecular weight excluding hydrogens is 424 g/mol. The molecular formula is C23H24N6O4. The molecule has 0 radical (unpaired) electrons. The zero-order valence-electron chi connectivity index (χ0n) is 18.5. The Morgan fingerprint density at radius 3 is 2.97 bits per heavy atom. The van der Waals surface area contributed by atoms with E-state index in [2.05, 4.69) is 25.9 Å². The van der Waals surface area contributed by atoms with Gasteiger partial charge in [0.25, 0.3) is 5.89 Å². The molecule has 1 unspecified atom stereocenters. The van der Waals surface area contributed by atoms with Crippen LogP contribution in [0.1, 0.15) is 30.0 Å². The molecule has 33 heavy (non-hydrogen) atoms. The molecule has 4 aromatic rings. The van der Waals surface area contributed by atoms with Gasteiger partial charge in [0, 0.05) is 37.5 Å². The van der Waals surface area contributed by atoms with Crippen LogP contribution in [-0.4, -0.2) is 56.4 Å². The molecule has 0 bridgehead atoms. The standard InChI is InChI=1S/C23H24N6O4/c1-30-12-20-25-23(27-33-20)22-19-8-14-10-28(11-16-4-3-7-32-16)26-21(14)17-9-15(31-2)5-6-18(17)29(19)13-24-22/h5-6,9-10,13,16H,3-4,7-8,11-12H2,1-2H3. The van der Waals surface area contributed by atoms with Crippen molar-refractivity contribution >= 4 is 0 Å². The lowest BCUT2D eigenvalue weighted by Gasteiger charge is -2.12. The van der Waals surface area contributed by atoms with Crippen molar-refractivity contribution in [2.75, 3.05) is 20.8 Å². The van der Waals surface area contributed by atoms with E-state index < -0.39 is 0 Å². The molecule has 1 saturated heterocycles. The summed E-state index contributed by atoms with van der Waals surface area (Å²) in [4.78, 5) is 9.10. The van der Waals surface area contributed by atoms with Crippen LogP contribution in [0, 0.1) is 0 Å². The Morgan fingerprint density at radius 1 is 1.21 bits per heavy atom. The van der Waals surface area contributed by atoms with Gasteiger partial charge in [-0.15, -0.1) is 0 Å². The first kappa shape index (κ1) is 20.1. The van der Waals surface area contributed by atoms with Gasteiger partial charge in [0.05, 0.1) is 36.8 Å². The van der Waals surface area contributed by atoms with Crippen molar-refractivity contribution in [3.8, 4) is 34.2 Å². The second-order valence-electron chi connectivity index (χ2n) is 8.27. The monoisotopic (exact) mass is 448 g/mol. The van der Waals surface area contributed by atoms with Crippen molar-refractivity contribution in [3.05, 3.63) is 47.9 Å². The number of aromatic nitrogens is 6. The number of nitrogens with zero attached hydrogens (tertiary/aromatic N) is 6. The van der Waals surface area contributed by atoms with Crippen molar-refractivity contribution in [1.82, 2.24) is 29.5 Å². The van der Waals surface area contributed by atoms with Gasteiger partial charge >= 0.3 is 0 Å². The molecule has 0 spiro atoms. The molecule has 1 atom stereocenters. The summed E-state index contributed by atoms with van der Waals surface area (Å²) in [5.74, 6) is 1.64. The molecule has 1 fully saturated rings. The highest BCUT2D eigenvalue weighted by Crippen LogP contribution is 2.38. The van der Waals surface area contributed by atoms with E-state index in [0.29, 0.717) is 23.8 Å². The summed E-state index contributed by atoms with van der Waals surface area (Å²) in [5.41, 5.74) is 5.66. The van der Waals surface area contributed by atoms with Crippen LogP contribution in [0.5, 0.6) is 5.75 Å². The van der Waals surface area contributed by atoms with Crippen LogP contribution in [0.3, 0.4) is 0 Å². The maximum absolute atomic E-state index is 5.83. The Balaban J connectivity index is 1.47. The summed E-state index contributed by atoms with van der Waals surface area (Å²) in [5, 5.41) is 9.10. The van der Waals surface area contributed by atoms with E-state index in [1.54, 1.807) is 20.5 Å². The predicted molar refractivity (Wildman–Crippen MR) is 117 cm³/mol. The third kappa shape index (κ3) is 3.51. The lowest BCUT2D eigenvalue weighted by Crippen LogP contribution is -2.15. The molecule has 0 saturated carbocycles. The first-order valence-corrected chi connectivity index (χ1v) is 11.0. The molecule has 170 valence electrons. The molecule has 2 aliphatic rings. The highest BCUT2D eigenvalue weighted by Gasteiger charge is 2.28. The van der Waals surface area contributed by atoms with Crippen LogP contribution in [0.4, 0.5) is 0 Å². The molecule has 6 rings (SSSR count). The minimum absolute atomic E-state index is 0.206. The fraction of sp³-hybridized carbons (Fsp3) is 0.391. The minimum atomic E-state index is 0.206. The number of imidazole rings is 1. The summed E-state index contributed by atoms with van der Waals surface area (Å²) in [7, 11) is 3.26. The Morgan fingerprint density at radius 2 is 2.15 bits per heavy atom. The lowest BCUT2D eigenvalue weighted by molar-refractivity contribution is 0.0940. The van der Waals surface area contributed by atoms with E-state index in [1.807, 2.05) is 22.9 Å². The van der Waals surface area contributed by atoms with Crippen molar-refractivity contribution in [2.45, 2.75) is 38.5 Å². The molecule has 10 heteroatoms. The van der Waals surface area contributed by atoms with Gasteiger partial charge in [-0.25, -0.2) is 4.98 Å². The molecule has 3 aromatic heterocycles. The second-order valence-corrected chi connectivity index (χ2v) is 8.27. The van der Waals surface area contributed by atoms with E-state index in [0.717, 1.165) is 59.9 Å². The Kier molecular flexibility index (Phi) is 4.96. The first-order chi connectivity index (χ1) is 16.2. The molecule has 0 N–H and O–H groups in total. The van der Waals surface area contributed by atoms with E-state index in [-0.39, 0.29) is 12.7 Å². The quantitative estimate of drug-likeness (QED) is 0.391. The van der Waals surface area contributed by atoms with Gasteiger partial charge in [0.2, 0.25) is 5.82 Å². The second kappa shape index (κ2) is 8.13. The highest BCUT2D eigenvalue weighted by molar-refractivity contribution is 5.77. The van der Waals surface area contributed by atoms with Crippen LogP contribution >= 0.6 is 0 Å². The molecule has 1 aromatic carbocycles. The fourth-order valence-corrected chi connectivity index (χ4v) is 4.60. The lowest BCUT2D eigenvalue weighted by atomic mass is 10.0. The van der Waals surface area contributed by atoms with Crippen LogP contribution in [0.2, 0.25) is 0 Å². The number of fused-ring (bicyclic) bond motifs is 5. The number of hydrogen-bond donors (Lipinski definition) is 0. The van der Waals surface area contributed by atoms with Crippen molar-refractivity contribution in [2.24, 2.45) is 0 Å². The average Bonchev–Trinajstić information content (AvgIpc) is 3.61. The van der Waals surface area contributed by atoms with Gasteiger partial charge < -0.3 is 23.3 Å². The van der Waals surface area contributed by atoms with Gasteiger partial charge in [-0.1, -0.05) is 5.16 Å². The van der Waals surface area contributed by atoms with E-state index >= 15 is 0 Å².